The third kappa shape index (κ3) is 2.41. The Labute approximate surface area is 232 Å². The molecule has 0 unspecified atom stereocenters. The van der Waals surface area contributed by atoms with Gasteiger partial charge in [0.25, 0.3) is 5.56 Å². The van der Waals surface area contributed by atoms with Gasteiger partial charge >= 0.3 is 0 Å². The minimum absolute atomic E-state index is 0.00651. The van der Waals surface area contributed by atoms with Crippen LogP contribution in [0.1, 0.15) is 0 Å². The van der Waals surface area contributed by atoms with E-state index in [0.717, 1.165) is 54.9 Å². The van der Waals surface area contributed by atoms with Gasteiger partial charge in [0, 0.05) is 38.0 Å². The Morgan fingerprint density at radius 2 is 0.805 bits per heavy atom. The first-order valence-electron chi connectivity index (χ1n) is 13.9. The molecule has 41 heavy (non-hydrogen) atoms. The molecular weight excluding hydrogens is 502 g/mol. The quantitative estimate of drug-likeness (QED) is 0.212. The average Bonchev–Trinajstić information content (AvgIpc) is 3.64. The minimum Gasteiger partial charge on any atom is -0.309 e. The molecule has 0 saturated carbocycles. The van der Waals surface area contributed by atoms with Crippen LogP contribution in [0, 0.1) is 0 Å². The van der Waals surface area contributed by atoms with Crippen LogP contribution in [-0.4, -0.2) is 13.4 Å². The van der Waals surface area contributed by atoms with Crippen molar-refractivity contribution in [3.05, 3.63) is 138 Å². The van der Waals surface area contributed by atoms with Crippen molar-refractivity contribution in [1.29, 1.82) is 0 Å². The molecule has 0 saturated heterocycles. The summed E-state index contributed by atoms with van der Waals surface area (Å²) in [5.74, 6) is 0. The normalized spacial score (nSPS) is 12.5. The van der Waals surface area contributed by atoms with E-state index in [0.29, 0.717) is 5.39 Å². The molecule has 0 spiro atoms. The molecule has 190 valence electrons. The van der Waals surface area contributed by atoms with Crippen LogP contribution < -0.4 is 5.56 Å². The van der Waals surface area contributed by atoms with Gasteiger partial charge in [0.1, 0.15) is 0 Å². The van der Waals surface area contributed by atoms with Crippen LogP contribution in [0.25, 0.3) is 82.0 Å². The fourth-order valence-electron chi connectivity index (χ4n) is 7.43. The molecule has 0 radical (unpaired) electrons. The topological polar surface area (TPSA) is 30.8 Å². The zero-order valence-electron chi connectivity index (χ0n) is 21.9. The summed E-state index contributed by atoms with van der Waals surface area (Å²) in [5.41, 5.74) is 8.44. The Morgan fingerprint density at radius 1 is 0.366 bits per heavy atom. The van der Waals surface area contributed by atoms with Crippen LogP contribution in [0.5, 0.6) is 0 Å². The summed E-state index contributed by atoms with van der Waals surface area (Å²) in [5, 5.41) is 7.63. The van der Waals surface area contributed by atoms with Crippen molar-refractivity contribution >= 4 is 76.3 Å². The molecule has 6 aromatic carbocycles. The molecule has 0 aliphatic carbocycles. The third-order valence-corrected chi connectivity index (χ3v) is 8.93. The van der Waals surface area contributed by atoms with E-state index in [-0.39, 0.29) is 5.56 Å². The Hall–Kier alpha value is -5.61. The molecule has 4 aromatic heterocycles. The molecule has 0 amide bonds. The van der Waals surface area contributed by atoms with Gasteiger partial charge < -0.3 is 8.97 Å². The second-order valence-corrected chi connectivity index (χ2v) is 10.9. The van der Waals surface area contributed by atoms with E-state index >= 15 is 0 Å². The van der Waals surface area contributed by atoms with E-state index in [2.05, 4.69) is 112 Å². The van der Waals surface area contributed by atoms with Crippen molar-refractivity contribution in [2.45, 2.75) is 0 Å². The number of fused-ring (bicyclic) bond motifs is 13. The highest BCUT2D eigenvalue weighted by Crippen LogP contribution is 2.48. The van der Waals surface area contributed by atoms with E-state index in [1.165, 1.54) is 21.7 Å². The molecule has 0 aliphatic heterocycles. The lowest BCUT2D eigenvalue weighted by molar-refractivity contribution is 1.19. The van der Waals surface area contributed by atoms with E-state index in [1.54, 1.807) is 0 Å². The maximum Gasteiger partial charge on any atom is 0.265 e. The summed E-state index contributed by atoms with van der Waals surface area (Å²) in [7, 11) is 0. The molecule has 0 fully saturated rings. The Kier molecular flexibility index (Phi) is 3.79. The summed E-state index contributed by atoms with van der Waals surface area (Å²) in [6.07, 6.45) is 0. The van der Waals surface area contributed by atoms with Crippen LogP contribution in [0.3, 0.4) is 0 Å². The molecule has 4 heteroatoms. The van der Waals surface area contributed by atoms with Crippen molar-refractivity contribution in [2.75, 3.05) is 0 Å². The van der Waals surface area contributed by atoms with Gasteiger partial charge in [-0.25, -0.2) is 0 Å². The SMILES string of the molecule is O=c1c2ccccc2n2c3ccccc3c3c4c(c5ccccc5n4-c4ccccc4)c4c5ccccc5n1c4c32. The van der Waals surface area contributed by atoms with E-state index < -0.39 is 0 Å². The largest absolute Gasteiger partial charge is 0.309 e. The van der Waals surface area contributed by atoms with Gasteiger partial charge in [-0.15, -0.1) is 0 Å². The maximum atomic E-state index is 14.5. The van der Waals surface area contributed by atoms with Crippen LogP contribution in [-0.2, 0) is 0 Å². The lowest BCUT2D eigenvalue weighted by Crippen LogP contribution is -2.09. The standard InChI is InChI=1S/C37H21N3O/c41-37-26-17-7-11-21-30(26)39-28-19-9-6-16-25(28)33-34-31(32-24-15-5-10-20-29(24)40(37)35(32)36(33)39)23-14-4-8-18-27(23)38(34)22-12-2-1-3-13-22/h1-21H. The summed E-state index contributed by atoms with van der Waals surface area (Å²) in [4.78, 5) is 14.5. The third-order valence-electron chi connectivity index (χ3n) is 8.93. The molecule has 4 nitrogen and oxygen atoms in total. The first kappa shape index (κ1) is 21.2. The molecule has 4 heterocycles. The Balaban J connectivity index is 1.73. The molecule has 10 aromatic rings. The first-order chi connectivity index (χ1) is 20.3. The predicted octanol–water partition coefficient (Wildman–Crippen LogP) is 8.70. The van der Waals surface area contributed by atoms with Crippen molar-refractivity contribution in [1.82, 2.24) is 13.4 Å². The fraction of sp³-hybridized carbons (Fsp3) is 0. The molecular formula is C37H21N3O. The summed E-state index contributed by atoms with van der Waals surface area (Å²) in [6, 6.07) is 44.3. The van der Waals surface area contributed by atoms with Gasteiger partial charge in [0.05, 0.1) is 44.0 Å². The predicted molar refractivity (Wildman–Crippen MR) is 170 cm³/mol. The molecule has 10 rings (SSSR count). The molecule has 0 N–H and O–H groups in total. The number of para-hydroxylation sites is 5. The van der Waals surface area contributed by atoms with Gasteiger partial charge in [-0.05, 0) is 42.5 Å². The van der Waals surface area contributed by atoms with Crippen LogP contribution in [0.4, 0.5) is 0 Å². The van der Waals surface area contributed by atoms with Crippen molar-refractivity contribution in [3.63, 3.8) is 0 Å². The van der Waals surface area contributed by atoms with Crippen molar-refractivity contribution < 1.29 is 0 Å². The van der Waals surface area contributed by atoms with Crippen molar-refractivity contribution in [2.24, 2.45) is 0 Å². The van der Waals surface area contributed by atoms with Gasteiger partial charge in [-0.2, -0.15) is 0 Å². The van der Waals surface area contributed by atoms with Gasteiger partial charge in [-0.3, -0.25) is 9.20 Å². The highest BCUT2D eigenvalue weighted by Gasteiger charge is 2.28. The average molecular weight is 524 g/mol. The number of hydrogen-bond acceptors (Lipinski definition) is 1. The highest BCUT2D eigenvalue weighted by atomic mass is 16.1. The Morgan fingerprint density at radius 3 is 1.49 bits per heavy atom. The molecule has 0 atom stereocenters. The van der Waals surface area contributed by atoms with Crippen LogP contribution in [0.15, 0.2) is 132 Å². The zero-order chi connectivity index (χ0) is 26.8. The summed E-state index contributed by atoms with van der Waals surface area (Å²) < 4.78 is 6.72. The fourth-order valence-corrected chi connectivity index (χ4v) is 7.43. The first-order valence-corrected chi connectivity index (χ1v) is 13.9. The van der Waals surface area contributed by atoms with Crippen LogP contribution >= 0.6 is 0 Å². The summed E-state index contributed by atoms with van der Waals surface area (Å²) in [6.45, 7) is 0. The van der Waals surface area contributed by atoms with E-state index in [9.17, 15) is 4.79 Å². The number of hydrogen-bond donors (Lipinski definition) is 0. The summed E-state index contributed by atoms with van der Waals surface area (Å²) >= 11 is 0. The number of rotatable bonds is 1. The minimum atomic E-state index is 0.00651. The van der Waals surface area contributed by atoms with Gasteiger partial charge in [-0.1, -0.05) is 84.9 Å². The smallest absolute Gasteiger partial charge is 0.265 e. The lowest BCUT2D eigenvalue weighted by atomic mass is 10.0. The van der Waals surface area contributed by atoms with Gasteiger partial charge in [0.15, 0.2) is 0 Å². The Bertz CT molecular complexity index is 2760. The second kappa shape index (κ2) is 7.32. The lowest BCUT2D eigenvalue weighted by Gasteiger charge is -2.10. The monoisotopic (exact) mass is 523 g/mol. The highest BCUT2D eigenvalue weighted by molar-refractivity contribution is 6.40. The van der Waals surface area contributed by atoms with Crippen molar-refractivity contribution in [3.8, 4) is 5.69 Å². The number of aromatic nitrogens is 3. The van der Waals surface area contributed by atoms with Gasteiger partial charge in [0.2, 0.25) is 0 Å². The van der Waals surface area contributed by atoms with Crippen LogP contribution in [0.2, 0.25) is 0 Å². The molecule has 0 aliphatic rings. The molecule has 0 bridgehead atoms. The zero-order valence-corrected chi connectivity index (χ0v) is 21.9. The van der Waals surface area contributed by atoms with E-state index in [1.807, 2.05) is 28.7 Å². The van der Waals surface area contributed by atoms with E-state index in [4.69, 9.17) is 0 Å². The number of benzene rings is 6. The number of nitrogens with zero attached hydrogens (tertiary/aromatic N) is 3. The maximum absolute atomic E-state index is 14.5. The second-order valence-electron chi connectivity index (χ2n) is 10.9.